The third kappa shape index (κ3) is 4.09. The molecule has 0 radical (unpaired) electrons. The molecule has 0 aliphatic heterocycles. The van der Waals surface area contributed by atoms with Gasteiger partial charge in [0, 0.05) is 11.0 Å². The van der Waals surface area contributed by atoms with Crippen LogP contribution in [0.3, 0.4) is 0 Å². The smallest absolute Gasteiger partial charge is 0.325 e. The molecule has 0 saturated heterocycles. The van der Waals surface area contributed by atoms with Crippen LogP contribution >= 0.6 is 22.7 Å². The number of amides is 1. The highest BCUT2D eigenvalue weighted by Gasteiger charge is 2.12. The van der Waals surface area contributed by atoms with E-state index in [9.17, 15) is 9.59 Å². The number of nitrogens with zero attached hydrogens (tertiary/aromatic N) is 2. The molecule has 0 aliphatic carbocycles. The van der Waals surface area contributed by atoms with E-state index in [4.69, 9.17) is 9.47 Å². The first-order chi connectivity index (χ1) is 12.6. The highest BCUT2D eigenvalue weighted by molar-refractivity contribution is 7.16. The van der Waals surface area contributed by atoms with Gasteiger partial charge in [-0.2, -0.15) is 4.99 Å². The van der Waals surface area contributed by atoms with Gasteiger partial charge < -0.3 is 14.0 Å². The molecule has 2 aromatic heterocycles. The van der Waals surface area contributed by atoms with Crippen molar-refractivity contribution in [1.82, 2.24) is 4.57 Å². The number of benzene rings is 1. The number of thiazole rings is 1. The summed E-state index contributed by atoms with van der Waals surface area (Å²) in [7, 11) is 2.91. The van der Waals surface area contributed by atoms with Gasteiger partial charge in [0.05, 0.1) is 24.4 Å². The highest BCUT2D eigenvalue weighted by Crippen LogP contribution is 2.23. The molecule has 2 heterocycles. The summed E-state index contributed by atoms with van der Waals surface area (Å²) in [5.41, 5.74) is 0.787. The molecule has 0 atom stereocenters. The summed E-state index contributed by atoms with van der Waals surface area (Å²) in [6.45, 7) is -0.0242. The Morgan fingerprint density at radius 3 is 2.81 bits per heavy atom. The van der Waals surface area contributed by atoms with E-state index in [0.29, 0.717) is 10.6 Å². The van der Waals surface area contributed by atoms with Crippen LogP contribution in [0.4, 0.5) is 0 Å². The van der Waals surface area contributed by atoms with Gasteiger partial charge in [0.25, 0.3) is 5.91 Å². The van der Waals surface area contributed by atoms with Crippen molar-refractivity contribution in [1.29, 1.82) is 0 Å². The van der Waals surface area contributed by atoms with E-state index in [-0.39, 0.29) is 6.54 Å². The normalized spacial score (nSPS) is 12.0. The molecule has 0 bridgehead atoms. The zero-order valence-electron chi connectivity index (χ0n) is 14.2. The molecule has 134 valence electrons. The molecule has 0 unspecified atom stereocenters. The van der Waals surface area contributed by atoms with E-state index in [1.807, 2.05) is 29.6 Å². The first-order valence-electron chi connectivity index (χ1n) is 7.65. The van der Waals surface area contributed by atoms with Crippen LogP contribution in [0.15, 0.2) is 46.8 Å². The molecular weight excluding hydrogens is 372 g/mol. The third-order valence-corrected chi connectivity index (χ3v) is 5.42. The maximum absolute atomic E-state index is 12.2. The summed E-state index contributed by atoms with van der Waals surface area (Å²) in [4.78, 5) is 29.5. The lowest BCUT2D eigenvalue weighted by Crippen LogP contribution is -2.22. The number of methoxy groups -OCH3 is 2. The Balaban J connectivity index is 2.03. The summed E-state index contributed by atoms with van der Waals surface area (Å²) in [6.07, 6.45) is 3.14. The lowest BCUT2D eigenvalue weighted by molar-refractivity contribution is -0.141. The van der Waals surface area contributed by atoms with Crippen molar-refractivity contribution in [2.24, 2.45) is 4.99 Å². The zero-order chi connectivity index (χ0) is 18.5. The van der Waals surface area contributed by atoms with Crippen molar-refractivity contribution in [3.8, 4) is 5.75 Å². The van der Waals surface area contributed by atoms with E-state index in [0.717, 1.165) is 15.1 Å². The van der Waals surface area contributed by atoms with E-state index >= 15 is 0 Å². The summed E-state index contributed by atoms with van der Waals surface area (Å²) in [6, 6.07) is 9.30. The van der Waals surface area contributed by atoms with Crippen molar-refractivity contribution >= 4 is 50.8 Å². The average molecular weight is 388 g/mol. The van der Waals surface area contributed by atoms with Crippen LogP contribution in [-0.2, 0) is 20.9 Å². The fourth-order valence-corrected chi connectivity index (χ4v) is 3.96. The van der Waals surface area contributed by atoms with Crippen LogP contribution < -0.4 is 9.54 Å². The summed E-state index contributed by atoms with van der Waals surface area (Å²) in [5.74, 6) is -0.112. The van der Waals surface area contributed by atoms with Gasteiger partial charge in [-0.05, 0) is 35.7 Å². The van der Waals surface area contributed by atoms with Gasteiger partial charge in [0.2, 0.25) is 0 Å². The number of thiophene rings is 1. The molecule has 3 rings (SSSR count). The van der Waals surface area contributed by atoms with E-state index in [2.05, 4.69) is 4.99 Å². The Morgan fingerprint density at radius 2 is 2.12 bits per heavy atom. The predicted molar refractivity (Wildman–Crippen MR) is 102 cm³/mol. The van der Waals surface area contributed by atoms with E-state index in [1.165, 1.54) is 35.9 Å². The Bertz CT molecular complexity index is 1030. The largest absolute Gasteiger partial charge is 0.497 e. The number of hydrogen-bond acceptors (Lipinski definition) is 6. The van der Waals surface area contributed by atoms with Gasteiger partial charge in [-0.3, -0.25) is 9.59 Å². The van der Waals surface area contributed by atoms with Crippen LogP contribution in [0.1, 0.15) is 4.88 Å². The van der Waals surface area contributed by atoms with Crippen molar-refractivity contribution in [2.75, 3.05) is 14.2 Å². The lowest BCUT2D eigenvalue weighted by Gasteiger charge is -2.04. The molecule has 26 heavy (non-hydrogen) atoms. The monoisotopic (exact) mass is 388 g/mol. The Hall–Kier alpha value is -2.71. The standard InChI is InChI=1S/C18H16N2O4S2/c1-23-12-5-7-14-15(10-12)26-18(20(14)11-17(22)24-2)19-16(21)8-6-13-4-3-9-25-13/h3-10H,11H2,1-2H3. The fourth-order valence-electron chi connectivity index (χ4n) is 2.28. The Morgan fingerprint density at radius 1 is 1.27 bits per heavy atom. The minimum Gasteiger partial charge on any atom is -0.497 e. The van der Waals surface area contributed by atoms with Crippen LogP contribution in [0.2, 0.25) is 0 Å². The van der Waals surface area contributed by atoms with Gasteiger partial charge in [0.1, 0.15) is 12.3 Å². The molecule has 8 heteroatoms. The average Bonchev–Trinajstić information content (AvgIpc) is 3.28. The number of fused-ring (bicyclic) bond motifs is 1. The molecule has 3 aromatic rings. The van der Waals surface area contributed by atoms with E-state index < -0.39 is 11.9 Å². The van der Waals surface area contributed by atoms with Crippen LogP contribution in [0.25, 0.3) is 16.3 Å². The fraction of sp³-hybridized carbons (Fsp3) is 0.167. The van der Waals surface area contributed by atoms with Crippen LogP contribution in [-0.4, -0.2) is 30.7 Å². The van der Waals surface area contributed by atoms with Gasteiger partial charge in [-0.15, -0.1) is 11.3 Å². The highest BCUT2D eigenvalue weighted by atomic mass is 32.1. The lowest BCUT2D eigenvalue weighted by atomic mass is 10.3. The summed E-state index contributed by atoms with van der Waals surface area (Å²) >= 11 is 2.85. The zero-order valence-corrected chi connectivity index (χ0v) is 15.8. The number of esters is 1. The van der Waals surface area contributed by atoms with E-state index in [1.54, 1.807) is 23.8 Å². The second kappa shape index (κ2) is 8.11. The number of hydrogen-bond donors (Lipinski definition) is 0. The molecule has 0 fully saturated rings. The molecule has 1 aromatic carbocycles. The second-order valence-corrected chi connectivity index (χ2v) is 7.17. The quantitative estimate of drug-likeness (QED) is 0.497. The van der Waals surface area contributed by atoms with Crippen molar-refractivity contribution in [3.63, 3.8) is 0 Å². The molecule has 0 N–H and O–H groups in total. The van der Waals surface area contributed by atoms with Crippen LogP contribution in [0, 0.1) is 0 Å². The maximum atomic E-state index is 12.2. The molecule has 0 aliphatic rings. The Kier molecular flexibility index (Phi) is 5.65. The van der Waals surface area contributed by atoms with Gasteiger partial charge in [0.15, 0.2) is 4.80 Å². The number of rotatable bonds is 5. The predicted octanol–water partition coefficient (Wildman–Crippen LogP) is 3.09. The number of carbonyl (C=O) groups excluding carboxylic acids is 2. The molecule has 1 amide bonds. The summed E-state index contributed by atoms with van der Waals surface area (Å²) < 4.78 is 12.5. The number of carbonyl (C=O) groups is 2. The minimum atomic E-state index is -0.413. The van der Waals surface area contributed by atoms with Gasteiger partial charge in [-0.25, -0.2) is 0 Å². The van der Waals surface area contributed by atoms with Gasteiger partial charge in [-0.1, -0.05) is 17.4 Å². The van der Waals surface area contributed by atoms with Crippen LogP contribution in [0.5, 0.6) is 5.75 Å². The van der Waals surface area contributed by atoms with Crippen molar-refractivity contribution in [3.05, 3.63) is 51.5 Å². The third-order valence-electron chi connectivity index (χ3n) is 3.54. The van der Waals surface area contributed by atoms with Gasteiger partial charge >= 0.3 is 5.97 Å². The number of aromatic nitrogens is 1. The minimum absolute atomic E-state index is 0.0242. The molecule has 6 nitrogen and oxygen atoms in total. The maximum Gasteiger partial charge on any atom is 0.325 e. The SMILES string of the molecule is COC(=O)Cn1c(=NC(=O)C=Cc2cccs2)sc2cc(OC)ccc21. The second-order valence-electron chi connectivity index (χ2n) is 5.18. The first kappa shape index (κ1) is 18.1. The molecule has 0 saturated carbocycles. The van der Waals surface area contributed by atoms with Crippen molar-refractivity contribution < 1.29 is 19.1 Å². The Labute approximate surface area is 157 Å². The summed E-state index contributed by atoms with van der Waals surface area (Å²) in [5, 5.41) is 1.94. The van der Waals surface area contributed by atoms with Crippen molar-refractivity contribution in [2.45, 2.75) is 6.54 Å². The molecular formula is C18H16N2O4S2. The molecule has 0 spiro atoms. The number of ether oxygens (including phenoxy) is 2. The first-order valence-corrected chi connectivity index (χ1v) is 9.35. The topological polar surface area (TPSA) is 69.9 Å².